The van der Waals surface area contributed by atoms with E-state index in [0.29, 0.717) is 6.61 Å². The van der Waals surface area contributed by atoms with Crippen molar-refractivity contribution in [3.05, 3.63) is 42.1 Å². The first-order chi connectivity index (χ1) is 11.2. The summed E-state index contributed by atoms with van der Waals surface area (Å²) in [6.45, 7) is 3.56. The summed E-state index contributed by atoms with van der Waals surface area (Å²) in [7, 11) is 0. The number of hydrogen-bond donors (Lipinski definition) is 1. The average molecular weight is 315 g/mol. The van der Waals surface area contributed by atoms with Crippen LogP contribution in [0.3, 0.4) is 0 Å². The second kappa shape index (κ2) is 6.74. The third kappa shape index (κ3) is 3.17. The topological polar surface area (TPSA) is 71.4 Å². The van der Waals surface area contributed by atoms with Gasteiger partial charge in [0.2, 0.25) is 0 Å². The number of H-pyrrole nitrogens is 1. The molecule has 0 aliphatic rings. The van der Waals surface area contributed by atoms with E-state index in [9.17, 15) is 9.18 Å². The Morgan fingerprint density at radius 1 is 1.52 bits per heavy atom. The Bertz CT molecular complexity index is 790. The fourth-order valence-electron chi connectivity index (χ4n) is 2.27. The minimum atomic E-state index is -1.83. The Labute approximate surface area is 132 Å². The van der Waals surface area contributed by atoms with E-state index >= 15 is 0 Å². The van der Waals surface area contributed by atoms with E-state index in [4.69, 9.17) is 9.26 Å². The van der Waals surface area contributed by atoms with Gasteiger partial charge in [0.1, 0.15) is 0 Å². The number of aromatic amines is 1. The first kappa shape index (κ1) is 15.4. The van der Waals surface area contributed by atoms with Crippen molar-refractivity contribution in [1.82, 2.24) is 10.1 Å². The Balaban J connectivity index is 1.85. The first-order valence-electron chi connectivity index (χ1n) is 7.21. The van der Waals surface area contributed by atoms with Crippen LogP contribution in [-0.4, -0.2) is 36.3 Å². The van der Waals surface area contributed by atoms with E-state index in [-0.39, 0.29) is 18.1 Å². The summed E-state index contributed by atoms with van der Waals surface area (Å²) in [6, 6.07) is 6.86. The van der Waals surface area contributed by atoms with Crippen molar-refractivity contribution in [3.63, 3.8) is 0 Å². The van der Waals surface area contributed by atoms with Crippen molar-refractivity contribution in [2.45, 2.75) is 13.1 Å². The molecule has 1 amide bonds. The summed E-state index contributed by atoms with van der Waals surface area (Å²) in [5.74, 6) is -0.617. The van der Waals surface area contributed by atoms with Crippen molar-refractivity contribution >= 4 is 29.5 Å². The fourth-order valence-corrected chi connectivity index (χ4v) is 2.27. The number of carbonyl (C=O) groups is 1. The van der Waals surface area contributed by atoms with Crippen LogP contribution in [0.1, 0.15) is 18.7 Å². The summed E-state index contributed by atoms with van der Waals surface area (Å²) in [6.07, 6.45) is 1.33. The summed E-state index contributed by atoms with van der Waals surface area (Å²) < 4.78 is 24.9. The number of rotatable bonds is 6. The van der Waals surface area contributed by atoms with Gasteiger partial charge in [0.25, 0.3) is 0 Å². The predicted molar refractivity (Wildman–Crippen MR) is 84.0 cm³/mol. The molecule has 3 aromatic rings. The molecule has 2 heterocycles. The zero-order valence-corrected chi connectivity index (χ0v) is 12.5. The molecule has 0 fully saturated rings. The van der Waals surface area contributed by atoms with Gasteiger partial charge >= 0.3 is 132 Å². The number of amides is 1. The molecule has 0 saturated carbocycles. The van der Waals surface area contributed by atoms with Gasteiger partial charge in [-0.15, -0.1) is 0 Å². The number of nitrogens with zero attached hydrogens (tertiary/aromatic N) is 2. The zero-order chi connectivity index (χ0) is 16.2. The molecule has 118 valence electrons. The monoisotopic (exact) mass is 315 g/mol. The van der Waals surface area contributed by atoms with Crippen molar-refractivity contribution in [2.24, 2.45) is 0 Å². The minimum absolute atomic E-state index is 0.101. The maximum atomic E-state index is 14.7. The van der Waals surface area contributed by atoms with Crippen LogP contribution in [-0.2, 0) is 9.53 Å². The van der Waals surface area contributed by atoms with Crippen LogP contribution >= 0.6 is 0 Å². The molecule has 0 spiro atoms. The SMILES string of the molecule is CCOCN(C(=O)C(F)c1ccc2cc[nH]c2c1)c1bcno1. The molecule has 0 aliphatic heterocycles. The number of alkyl halides is 1. The molecule has 0 saturated heterocycles. The summed E-state index contributed by atoms with van der Waals surface area (Å²) in [5.41, 5.74) is 1.04. The van der Waals surface area contributed by atoms with Gasteiger partial charge in [-0.05, 0) is 0 Å². The van der Waals surface area contributed by atoms with Crippen LogP contribution in [0.2, 0.25) is 0 Å². The summed E-state index contributed by atoms with van der Waals surface area (Å²) in [4.78, 5) is 16.6. The van der Waals surface area contributed by atoms with Gasteiger partial charge in [-0.25, -0.2) is 0 Å². The summed E-state index contributed by atoms with van der Waals surface area (Å²) in [5, 5.41) is 4.50. The molecule has 0 radical (unpaired) electrons. The second-order valence-corrected chi connectivity index (χ2v) is 4.93. The van der Waals surface area contributed by atoms with Crippen molar-refractivity contribution in [1.29, 1.82) is 0 Å². The van der Waals surface area contributed by atoms with E-state index < -0.39 is 12.1 Å². The Morgan fingerprint density at radius 2 is 2.39 bits per heavy atom. The third-order valence-electron chi connectivity index (χ3n) is 3.47. The molecule has 1 unspecified atom stereocenters. The normalized spacial score (nSPS) is 12.3. The van der Waals surface area contributed by atoms with E-state index in [1.165, 1.54) is 13.0 Å². The number of halogens is 1. The number of hydrogen-bond acceptors (Lipinski definition) is 4. The molecule has 0 bridgehead atoms. The number of fused-ring (bicyclic) bond motifs is 1. The predicted octanol–water partition coefficient (Wildman–Crippen LogP) is 2.53. The first-order valence-corrected chi connectivity index (χ1v) is 7.21. The van der Waals surface area contributed by atoms with E-state index in [1.54, 1.807) is 31.3 Å². The van der Waals surface area contributed by atoms with E-state index in [2.05, 4.69) is 10.1 Å². The number of aromatic nitrogens is 2. The second-order valence-electron chi connectivity index (χ2n) is 4.93. The van der Waals surface area contributed by atoms with Gasteiger partial charge in [0.05, 0.1) is 0 Å². The molecule has 8 heteroatoms. The number of anilines is 1. The Morgan fingerprint density at radius 3 is 3.13 bits per heavy atom. The molecular weight excluding hydrogens is 300 g/mol. The number of benzene rings is 1. The van der Waals surface area contributed by atoms with Crippen molar-refractivity contribution in [3.8, 4) is 0 Å². The number of ether oxygens (including phenoxy) is 1. The van der Waals surface area contributed by atoms with Crippen LogP contribution in [0.4, 0.5) is 10.2 Å². The van der Waals surface area contributed by atoms with E-state index in [1.807, 2.05) is 6.07 Å². The fraction of sp³-hybridized carbons (Fsp3) is 0.267. The van der Waals surface area contributed by atoms with Gasteiger partial charge < -0.3 is 0 Å². The van der Waals surface area contributed by atoms with Gasteiger partial charge in [-0.1, -0.05) is 0 Å². The molecule has 3 rings (SSSR count). The van der Waals surface area contributed by atoms with Gasteiger partial charge in [0.15, 0.2) is 0 Å². The average Bonchev–Trinajstić information content (AvgIpc) is 3.25. The van der Waals surface area contributed by atoms with Gasteiger partial charge in [0, 0.05) is 0 Å². The van der Waals surface area contributed by atoms with Crippen molar-refractivity contribution in [2.75, 3.05) is 18.2 Å². The molecule has 1 atom stereocenters. The van der Waals surface area contributed by atoms with E-state index in [0.717, 1.165) is 15.8 Å². The van der Waals surface area contributed by atoms with Crippen LogP contribution in [0, 0.1) is 0 Å². The van der Waals surface area contributed by atoms with Crippen LogP contribution in [0.25, 0.3) is 10.9 Å². The molecule has 2 aromatic heterocycles. The molecule has 6 nitrogen and oxygen atoms in total. The molecular formula is C15H15BFN3O3. The number of nitrogens with one attached hydrogen (secondary N) is 1. The molecule has 1 N–H and O–H groups in total. The maximum absolute atomic E-state index is 14.7. The zero-order valence-electron chi connectivity index (χ0n) is 12.5. The Hall–Kier alpha value is -2.48. The van der Waals surface area contributed by atoms with Crippen molar-refractivity contribution < 1.29 is 18.4 Å². The molecule has 23 heavy (non-hydrogen) atoms. The van der Waals surface area contributed by atoms with Crippen LogP contribution in [0.5, 0.6) is 0 Å². The summed E-state index contributed by atoms with van der Waals surface area (Å²) >= 11 is 0. The van der Waals surface area contributed by atoms with Gasteiger partial charge in [-0.3, -0.25) is 0 Å². The Kier molecular flexibility index (Phi) is 4.52. The van der Waals surface area contributed by atoms with Crippen LogP contribution < -0.4 is 4.90 Å². The number of carbonyl (C=O) groups excluding carboxylic acids is 1. The molecule has 0 aliphatic carbocycles. The quantitative estimate of drug-likeness (QED) is 0.710. The molecule has 1 aromatic carbocycles. The third-order valence-corrected chi connectivity index (χ3v) is 3.47. The van der Waals surface area contributed by atoms with Crippen LogP contribution in [0.15, 0.2) is 41.1 Å². The van der Waals surface area contributed by atoms with Gasteiger partial charge in [-0.2, -0.15) is 0 Å². The standard InChI is InChI=1S/C15H15BFN3O3/c1-2-22-9-20(15-16-8-19-23-15)14(21)13(17)11-4-3-10-5-6-18-12(10)7-11/h3-8,13,18H,2,9H2,1H3.